The Balaban J connectivity index is 2.41. The maximum atomic E-state index is 12.1. The number of nitriles is 1. The van der Waals surface area contributed by atoms with E-state index in [-0.39, 0.29) is 20.6 Å². The van der Waals surface area contributed by atoms with E-state index in [1.807, 2.05) is 6.07 Å². The molecule has 2 aromatic rings. The summed E-state index contributed by atoms with van der Waals surface area (Å²) in [6.07, 6.45) is 1.40. The Morgan fingerprint density at radius 3 is 2.89 bits per heavy atom. The summed E-state index contributed by atoms with van der Waals surface area (Å²) < 4.78 is 26.4. The summed E-state index contributed by atoms with van der Waals surface area (Å²) in [5.74, 6) is 0. The van der Waals surface area contributed by atoms with Gasteiger partial charge in [-0.15, -0.1) is 11.3 Å². The molecule has 0 unspecified atom stereocenters. The highest BCUT2D eigenvalue weighted by atomic mass is 35.5. The van der Waals surface area contributed by atoms with Crippen molar-refractivity contribution in [2.45, 2.75) is 4.90 Å². The maximum Gasteiger partial charge on any atom is 0.265 e. The van der Waals surface area contributed by atoms with E-state index in [1.165, 1.54) is 24.4 Å². The highest BCUT2D eigenvalue weighted by Gasteiger charge is 2.20. The van der Waals surface area contributed by atoms with Crippen LogP contribution in [0.5, 0.6) is 0 Å². The van der Waals surface area contributed by atoms with Crippen LogP contribution < -0.4 is 4.72 Å². The first-order chi connectivity index (χ1) is 8.54. The standard InChI is InChI=1S/C10H6ClN3O2S2/c11-9-8(2-1-4-13-9)18(15,16)14-10-7(6-12)3-5-17-10/h1-5,14H. The number of rotatable bonds is 3. The lowest BCUT2D eigenvalue weighted by molar-refractivity contribution is 0.601. The number of hydrogen-bond donors (Lipinski definition) is 1. The molecule has 8 heteroatoms. The molecule has 0 bridgehead atoms. The molecule has 2 aromatic heterocycles. The predicted molar refractivity (Wildman–Crippen MR) is 69.1 cm³/mol. The van der Waals surface area contributed by atoms with E-state index in [0.29, 0.717) is 0 Å². The normalized spacial score (nSPS) is 10.9. The summed E-state index contributed by atoms with van der Waals surface area (Å²) in [5.41, 5.74) is 0.267. The van der Waals surface area contributed by atoms with Crippen molar-refractivity contribution in [3.8, 4) is 6.07 Å². The van der Waals surface area contributed by atoms with E-state index in [2.05, 4.69) is 9.71 Å². The Morgan fingerprint density at radius 1 is 1.44 bits per heavy atom. The molecule has 0 atom stereocenters. The smallest absolute Gasteiger partial charge is 0.265 e. The molecule has 2 rings (SSSR count). The average Bonchev–Trinajstić information content (AvgIpc) is 2.76. The largest absolute Gasteiger partial charge is 0.269 e. The van der Waals surface area contributed by atoms with Crippen LogP contribution in [0.4, 0.5) is 5.00 Å². The number of nitrogens with zero attached hydrogens (tertiary/aromatic N) is 2. The quantitative estimate of drug-likeness (QED) is 0.883. The van der Waals surface area contributed by atoms with Crippen LogP contribution in [0, 0.1) is 11.3 Å². The van der Waals surface area contributed by atoms with Gasteiger partial charge in [0.15, 0.2) is 0 Å². The van der Waals surface area contributed by atoms with Crippen molar-refractivity contribution in [2.75, 3.05) is 4.72 Å². The van der Waals surface area contributed by atoms with Crippen LogP contribution in [0.25, 0.3) is 0 Å². The van der Waals surface area contributed by atoms with Crippen molar-refractivity contribution in [1.82, 2.24) is 4.98 Å². The van der Waals surface area contributed by atoms with Crippen LogP contribution in [-0.2, 0) is 10.0 Å². The van der Waals surface area contributed by atoms with Crippen molar-refractivity contribution in [3.05, 3.63) is 40.5 Å². The zero-order chi connectivity index (χ0) is 13.2. The SMILES string of the molecule is N#Cc1ccsc1NS(=O)(=O)c1cccnc1Cl. The van der Waals surface area contributed by atoms with Gasteiger partial charge >= 0.3 is 0 Å². The average molecular weight is 300 g/mol. The van der Waals surface area contributed by atoms with E-state index in [1.54, 1.807) is 5.38 Å². The molecular weight excluding hydrogens is 294 g/mol. The van der Waals surface area contributed by atoms with Gasteiger partial charge in [0.05, 0.1) is 5.56 Å². The molecule has 92 valence electrons. The summed E-state index contributed by atoms with van der Waals surface area (Å²) in [7, 11) is -3.83. The lowest BCUT2D eigenvalue weighted by Crippen LogP contribution is -2.13. The Labute approximate surface area is 113 Å². The van der Waals surface area contributed by atoms with Crippen LogP contribution in [0.2, 0.25) is 5.15 Å². The first-order valence-corrected chi connectivity index (χ1v) is 7.39. The molecule has 1 N–H and O–H groups in total. The molecule has 0 amide bonds. The highest BCUT2D eigenvalue weighted by Crippen LogP contribution is 2.27. The zero-order valence-corrected chi connectivity index (χ0v) is 11.2. The summed E-state index contributed by atoms with van der Waals surface area (Å²) >= 11 is 6.86. The third-order valence-corrected chi connectivity index (χ3v) is 4.78. The van der Waals surface area contributed by atoms with Gasteiger partial charge in [0.25, 0.3) is 10.0 Å². The summed E-state index contributed by atoms with van der Waals surface area (Å²) in [6, 6.07) is 6.25. The third-order valence-electron chi connectivity index (χ3n) is 2.03. The molecular formula is C10H6ClN3O2S2. The summed E-state index contributed by atoms with van der Waals surface area (Å²) in [5, 5.41) is 10.6. The lowest BCUT2D eigenvalue weighted by atomic mass is 10.4. The Morgan fingerprint density at radius 2 is 2.22 bits per heavy atom. The Hall–Kier alpha value is -1.62. The molecule has 0 aliphatic carbocycles. The van der Waals surface area contributed by atoms with Gasteiger partial charge in [-0.25, -0.2) is 13.4 Å². The zero-order valence-electron chi connectivity index (χ0n) is 8.79. The van der Waals surface area contributed by atoms with Crippen LogP contribution in [0.15, 0.2) is 34.7 Å². The minimum absolute atomic E-state index is 0.111. The van der Waals surface area contributed by atoms with E-state index in [4.69, 9.17) is 16.9 Å². The second-order valence-electron chi connectivity index (χ2n) is 3.17. The molecule has 2 heterocycles. The topological polar surface area (TPSA) is 82.9 Å². The van der Waals surface area contributed by atoms with Gasteiger partial charge in [-0.2, -0.15) is 5.26 Å². The van der Waals surface area contributed by atoms with Crippen molar-refractivity contribution < 1.29 is 8.42 Å². The maximum absolute atomic E-state index is 12.1. The van der Waals surface area contributed by atoms with Crippen LogP contribution in [0.3, 0.4) is 0 Å². The van der Waals surface area contributed by atoms with Gasteiger partial charge in [0.2, 0.25) is 0 Å². The second-order valence-corrected chi connectivity index (χ2v) is 6.10. The first kappa shape index (κ1) is 12.8. The molecule has 0 fully saturated rings. The summed E-state index contributed by atoms with van der Waals surface area (Å²) in [4.78, 5) is 3.58. The van der Waals surface area contributed by atoms with Crippen molar-refractivity contribution in [1.29, 1.82) is 5.26 Å². The van der Waals surface area contributed by atoms with Gasteiger partial charge in [0, 0.05) is 6.20 Å². The Kier molecular flexibility index (Phi) is 3.52. The fourth-order valence-electron chi connectivity index (χ4n) is 1.23. The van der Waals surface area contributed by atoms with Crippen molar-refractivity contribution in [3.63, 3.8) is 0 Å². The lowest BCUT2D eigenvalue weighted by Gasteiger charge is -2.07. The van der Waals surface area contributed by atoms with Gasteiger partial charge in [-0.1, -0.05) is 11.6 Å². The fourth-order valence-corrected chi connectivity index (χ4v) is 3.75. The molecule has 18 heavy (non-hydrogen) atoms. The third kappa shape index (κ3) is 2.46. The molecule has 0 aliphatic heterocycles. The van der Waals surface area contributed by atoms with Crippen LogP contribution in [-0.4, -0.2) is 13.4 Å². The van der Waals surface area contributed by atoms with E-state index in [0.717, 1.165) is 11.3 Å². The Bertz CT molecular complexity index is 719. The van der Waals surface area contributed by atoms with Crippen LogP contribution in [0.1, 0.15) is 5.56 Å². The minimum atomic E-state index is -3.83. The van der Waals surface area contributed by atoms with Gasteiger partial charge in [0.1, 0.15) is 21.1 Å². The van der Waals surface area contributed by atoms with Crippen molar-refractivity contribution >= 4 is 38.0 Å². The fraction of sp³-hybridized carbons (Fsp3) is 0. The highest BCUT2D eigenvalue weighted by molar-refractivity contribution is 7.93. The van der Waals surface area contributed by atoms with E-state index in [9.17, 15) is 8.42 Å². The minimum Gasteiger partial charge on any atom is -0.269 e. The number of thiophene rings is 1. The monoisotopic (exact) mass is 299 g/mol. The molecule has 0 aromatic carbocycles. The number of halogens is 1. The molecule has 5 nitrogen and oxygen atoms in total. The number of anilines is 1. The summed E-state index contributed by atoms with van der Waals surface area (Å²) in [6.45, 7) is 0. The second kappa shape index (κ2) is 4.94. The van der Waals surface area contributed by atoms with E-state index < -0.39 is 10.0 Å². The number of nitrogens with one attached hydrogen (secondary N) is 1. The van der Waals surface area contributed by atoms with Crippen LogP contribution >= 0.6 is 22.9 Å². The molecule has 0 saturated heterocycles. The van der Waals surface area contributed by atoms with Gasteiger partial charge in [-0.05, 0) is 23.6 Å². The number of aromatic nitrogens is 1. The number of hydrogen-bond acceptors (Lipinski definition) is 5. The molecule has 0 saturated carbocycles. The first-order valence-electron chi connectivity index (χ1n) is 4.65. The number of pyridine rings is 1. The van der Waals surface area contributed by atoms with E-state index >= 15 is 0 Å². The molecule has 0 spiro atoms. The predicted octanol–water partition coefficient (Wildman–Crippen LogP) is 2.47. The van der Waals surface area contributed by atoms with Crippen molar-refractivity contribution in [2.24, 2.45) is 0 Å². The van der Waals surface area contributed by atoms with Gasteiger partial charge < -0.3 is 0 Å². The number of sulfonamides is 1. The molecule has 0 radical (unpaired) electrons. The molecule has 0 aliphatic rings. The van der Waals surface area contributed by atoms with Gasteiger partial charge in [-0.3, -0.25) is 4.72 Å².